The Morgan fingerprint density at radius 1 is 1.30 bits per heavy atom. The molecule has 0 radical (unpaired) electrons. The minimum absolute atomic E-state index is 0.0247. The Morgan fingerprint density at radius 2 is 2.07 bits per heavy atom. The Kier molecular flexibility index (Phi) is 5.80. The number of nitrogens with one attached hydrogen (secondary N) is 1. The van der Waals surface area contributed by atoms with Gasteiger partial charge in [-0.15, -0.1) is 0 Å². The number of carbonyl (C=O) groups excluding carboxylic acids is 1. The molecule has 0 aromatic heterocycles. The van der Waals surface area contributed by atoms with Crippen LogP contribution >= 0.6 is 15.9 Å². The number of carbonyl (C=O) groups is 1. The van der Waals surface area contributed by atoms with Gasteiger partial charge in [-0.05, 0) is 72.4 Å². The van der Waals surface area contributed by atoms with Gasteiger partial charge in [0, 0.05) is 12.0 Å². The number of amides is 1. The molecule has 5 heteroatoms. The van der Waals surface area contributed by atoms with Crippen LogP contribution in [0.4, 0.5) is 0 Å². The van der Waals surface area contributed by atoms with Gasteiger partial charge in [-0.1, -0.05) is 25.1 Å². The molecule has 1 aliphatic heterocycles. The fourth-order valence-corrected chi connectivity index (χ4v) is 3.89. The normalized spacial score (nSPS) is 17.6. The number of hydrogen-bond acceptors (Lipinski definition) is 3. The van der Waals surface area contributed by atoms with Crippen molar-refractivity contribution in [3.05, 3.63) is 57.6 Å². The molecule has 0 spiro atoms. The zero-order valence-electron chi connectivity index (χ0n) is 16.3. The number of aryl methyl sites for hydroxylation is 2. The van der Waals surface area contributed by atoms with Crippen molar-refractivity contribution in [1.29, 1.82) is 0 Å². The monoisotopic (exact) mass is 431 g/mol. The quantitative estimate of drug-likeness (QED) is 0.714. The number of rotatable bonds is 5. The molecule has 1 aliphatic rings. The van der Waals surface area contributed by atoms with E-state index in [0.717, 1.165) is 27.8 Å². The van der Waals surface area contributed by atoms with Crippen LogP contribution in [0.2, 0.25) is 0 Å². The maximum absolute atomic E-state index is 12.5. The molecule has 2 aromatic carbocycles. The number of benzene rings is 2. The highest BCUT2D eigenvalue weighted by Gasteiger charge is 2.34. The van der Waals surface area contributed by atoms with Crippen LogP contribution in [0, 0.1) is 6.92 Å². The van der Waals surface area contributed by atoms with Gasteiger partial charge in [0.15, 0.2) is 6.61 Å². The molecule has 0 fully saturated rings. The average molecular weight is 432 g/mol. The van der Waals surface area contributed by atoms with E-state index in [1.807, 2.05) is 57.2 Å². The topological polar surface area (TPSA) is 47.6 Å². The van der Waals surface area contributed by atoms with Gasteiger partial charge in [-0.2, -0.15) is 0 Å². The zero-order valence-corrected chi connectivity index (χ0v) is 17.9. The van der Waals surface area contributed by atoms with Gasteiger partial charge in [0.25, 0.3) is 5.91 Å². The summed E-state index contributed by atoms with van der Waals surface area (Å²) < 4.78 is 12.7. The highest BCUT2D eigenvalue weighted by atomic mass is 79.9. The van der Waals surface area contributed by atoms with E-state index in [0.29, 0.717) is 12.2 Å². The molecule has 3 rings (SSSR count). The van der Waals surface area contributed by atoms with Crippen molar-refractivity contribution in [3.8, 4) is 11.5 Å². The van der Waals surface area contributed by atoms with Crippen LogP contribution in [0.1, 0.15) is 49.9 Å². The van der Waals surface area contributed by atoms with Crippen LogP contribution in [-0.2, 0) is 11.2 Å². The molecule has 0 aliphatic carbocycles. The largest absolute Gasteiger partial charge is 0.487 e. The van der Waals surface area contributed by atoms with E-state index < -0.39 is 0 Å². The average Bonchev–Trinajstić information content (AvgIpc) is 2.59. The molecule has 2 aromatic rings. The summed E-state index contributed by atoms with van der Waals surface area (Å²) in [4.78, 5) is 12.5. The van der Waals surface area contributed by atoms with Crippen molar-refractivity contribution in [2.45, 2.75) is 52.2 Å². The van der Waals surface area contributed by atoms with Crippen molar-refractivity contribution in [1.82, 2.24) is 5.32 Å². The lowest BCUT2D eigenvalue weighted by Gasteiger charge is -2.38. The standard InChI is InChI=1S/C22H26BrNO3/c1-5-15-7-9-19(17(23)11-15)26-13-21(25)24-18-12-22(3,4)27-20-10-14(2)6-8-16(18)20/h6-11,18H,5,12-13H2,1-4H3,(H,24,25). The van der Waals surface area contributed by atoms with Gasteiger partial charge in [0.05, 0.1) is 10.5 Å². The predicted octanol–water partition coefficient (Wildman–Crippen LogP) is 5.12. The van der Waals surface area contributed by atoms with Crippen LogP contribution < -0.4 is 14.8 Å². The molecule has 1 heterocycles. The van der Waals surface area contributed by atoms with Gasteiger partial charge in [-0.25, -0.2) is 0 Å². The molecule has 1 amide bonds. The van der Waals surface area contributed by atoms with Crippen molar-refractivity contribution in [3.63, 3.8) is 0 Å². The van der Waals surface area contributed by atoms with E-state index in [9.17, 15) is 4.79 Å². The van der Waals surface area contributed by atoms with E-state index >= 15 is 0 Å². The molecule has 0 saturated carbocycles. The highest BCUT2D eigenvalue weighted by Crippen LogP contribution is 2.39. The fourth-order valence-electron chi connectivity index (χ4n) is 3.35. The van der Waals surface area contributed by atoms with Gasteiger partial charge in [0.1, 0.15) is 17.1 Å². The summed E-state index contributed by atoms with van der Waals surface area (Å²) in [7, 11) is 0. The molecular formula is C22H26BrNO3. The van der Waals surface area contributed by atoms with Gasteiger partial charge < -0.3 is 14.8 Å². The second-order valence-electron chi connectivity index (χ2n) is 7.63. The van der Waals surface area contributed by atoms with Crippen molar-refractivity contribution < 1.29 is 14.3 Å². The molecule has 144 valence electrons. The third-order valence-electron chi connectivity index (χ3n) is 4.72. The predicted molar refractivity (Wildman–Crippen MR) is 110 cm³/mol. The first kappa shape index (κ1) is 19.7. The van der Waals surface area contributed by atoms with Gasteiger partial charge in [0.2, 0.25) is 0 Å². The van der Waals surface area contributed by atoms with E-state index in [1.165, 1.54) is 5.56 Å². The first-order chi connectivity index (χ1) is 12.8. The van der Waals surface area contributed by atoms with Crippen molar-refractivity contribution in [2.24, 2.45) is 0 Å². The van der Waals surface area contributed by atoms with Crippen LogP contribution in [0.15, 0.2) is 40.9 Å². The lowest BCUT2D eigenvalue weighted by atomic mass is 9.89. The third kappa shape index (κ3) is 4.83. The Balaban J connectivity index is 1.67. The summed E-state index contributed by atoms with van der Waals surface area (Å²) in [6.45, 7) is 8.20. The third-order valence-corrected chi connectivity index (χ3v) is 5.34. The molecule has 0 saturated heterocycles. The molecule has 1 N–H and O–H groups in total. The lowest BCUT2D eigenvalue weighted by Crippen LogP contribution is -2.42. The zero-order chi connectivity index (χ0) is 19.6. The van der Waals surface area contributed by atoms with Crippen molar-refractivity contribution >= 4 is 21.8 Å². The van der Waals surface area contributed by atoms with Crippen LogP contribution in [0.25, 0.3) is 0 Å². The van der Waals surface area contributed by atoms with Gasteiger partial charge in [-0.3, -0.25) is 4.79 Å². The highest BCUT2D eigenvalue weighted by molar-refractivity contribution is 9.10. The van der Waals surface area contributed by atoms with Crippen LogP contribution in [0.3, 0.4) is 0 Å². The second-order valence-corrected chi connectivity index (χ2v) is 8.49. The van der Waals surface area contributed by atoms with Crippen LogP contribution in [0.5, 0.6) is 11.5 Å². The number of ether oxygens (including phenoxy) is 2. The summed E-state index contributed by atoms with van der Waals surface area (Å²) >= 11 is 3.51. The maximum Gasteiger partial charge on any atom is 0.258 e. The second kappa shape index (κ2) is 7.93. The summed E-state index contributed by atoms with van der Waals surface area (Å²) in [6.07, 6.45) is 1.67. The Hall–Kier alpha value is -2.01. The SMILES string of the molecule is CCc1ccc(OCC(=O)NC2CC(C)(C)Oc3cc(C)ccc32)c(Br)c1. The molecule has 1 unspecified atom stereocenters. The first-order valence-corrected chi connectivity index (χ1v) is 10.1. The molecule has 4 nitrogen and oxygen atoms in total. The minimum Gasteiger partial charge on any atom is -0.487 e. The Bertz CT molecular complexity index is 847. The first-order valence-electron chi connectivity index (χ1n) is 9.27. The number of fused-ring (bicyclic) bond motifs is 1. The fraction of sp³-hybridized carbons (Fsp3) is 0.409. The van der Waals surface area contributed by atoms with Crippen LogP contribution in [-0.4, -0.2) is 18.1 Å². The molecule has 0 bridgehead atoms. The lowest BCUT2D eigenvalue weighted by molar-refractivity contribution is -0.124. The summed E-state index contributed by atoms with van der Waals surface area (Å²) in [5.74, 6) is 1.37. The molecular weight excluding hydrogens is 406 g/mol. The molecule has 1 atom stereocenters. The van der Waals surface area contributed by atoms with E-state index in [2.05, 4.69) is 28.2 Å². The number of hydrogen-bond donors (Lipinski definition) is 1. The summed E-state index contributed by atoms with van der Waals surface area (Å²) in [5, 5.41) is 3.10. The summed E-state index contributed by atoms with van der Waals surface area (Å²) in [6, 6.07) is 11.9. The Labute approximate surface area is 169 Å². The van der Waals surface area contributed by atoms with E-state index in [1.54, 1.807) is 0 Å². The number of halogens is 1. The minimum atomic E-state index is -0.335. The summed E-state index contributed by atoms with van der Waals surface area (Å²) in [5.41, 5.74) is 3.04. The molecule has 27 heavy (non-hydrogen) atoms. The van der Waals surface area contributed by atoms with E-state index in [-0.39, 0.29) is 24.2 Å². The van der Waals surface area contributed by atoms with Gasteiger partial charge >= 0.3 is 0 Å². The smallest absolute Gasteiger partial charge is 0.258 e. The Morgan fingerprint density at radius 3 is 2.78 bits per heavy atom. The maximum atomic E-state index is 12.5. The van der Waals surface area contributed by atoms with Crippen molar-refractivity contribution in [2.75, 3.05) is 6.61 Å². The van der Waals surface area contributed by atoms with E-state index in [4.69, 9.17) is 9.47 Å².